The number of carbonyl (C=O) groups is 1. The van der Waals surface area contributed by atoms with Gasteiger partial charge in [0, 0.05) is 12.1 Å². The number of hydrogen-bond donors (Lipinski definition) is 0. The Morgan fingerprint density at radius 3 is 2.58 bits per heavy atom. The van der Waals surface area contributed by atoms with E-state index >= 15 is 0 Å². The number of fused-ring (bicyclic) bond motifs is 2. The van der Waals surface area contributed by atoms with Gasteiger partial charge in [-0.3, -0.25) is 9.59 Å². The van der Waals surface area contributed by atoms with Crippen LogP contribution in [0.1, 0.15) is 47.5 Å². The molecule has 4 rings (SSSR count). The molecule has 5 heteroatoms. The Morgan fingerprint density at radius 1 is 1.08 bits per heavy atom. The molecule has 2 aromatic carbocycles. The lowest BCUT2D eigenvalue weighted by Gasteiger charge is -2.25. The molecule has 0 radical (unpaired) electrons. The number of unbranched alkanes of at least 4 members (excludes halogenated alkanes) is 1. The minimum absolute atomic E-state index is 0.0260. The van der Waals surface area contributed by atoms with Crippen LogP contribution in [0.5, 0.6) is 0 Å². The van der Waals surface area contributed by atoms with Crippen molar-refractivity contribution in [2.24, 2.45) is 0 Å². The second-order valence-electron chi connectivity index (χ2n) is 6.45. The topological polar surface area (TPSA) is 50.5 Å². The molecule has 26 heavy (non-hydrogen) atoms. The number of nitrogens with zero attached hydrogens (tertiary/aromatic N) is 1. The summed E-state index contributed by atoms with van der Waals surface area (Å²) in [4.78, 5) is 27.6. The Balaban J connectivity index is 2.00. The van der Waals surface area contributed by atoms with Crippen molar-refractivity contribution in [3.8, 4) is 0 Å². The van der Waals surface area contributed by atoms with Gasteiger partial charge in [-0.25, -0.2) is 4.39 Å². The molecule has 0 N–H and O–H groups in total. The van der Waals surface area contributed by atoms with Crippen LogP contribution in [0, 0.1) is 5.82 Å². The van der Waals surface area contributed by atoms with Gasteiger partial charge in [0.2, 0.25) is 5.76 Å². The zero-order valence-corrected chi connectivity index (χ0v) is 14.4. The molecular formula is C21H18FNO3. The molecule has 4 nitrogen and oxygen atoms in total. The van der Waals surface area contributed by atoms with E-state index in [9.17, 15) is 14.0 Å². The number of hydrogen-bond acceptors (Lipinski definition) is 3. The zero-order valence-electron chi connectivity index (χ0n) is 14.4. The molecule has 0 spiro atoms. The van der Waals surface area contributed by atoms with Crippen molar-refractivity contribution in [3.05, 3.63) is 81.5 Å². The maximum atomic E-state index is 14.5. The third kappa shape index (κ3) is 2.43. The fourth-order valence-corrected chi connectivity index (χ4v) is 3.55. The Bertz CT molecular complexity index is 1060. The van der Waals surface area contributed by atoms with Crippen molar-refractivity contribution < 1.29 is 13.6 Å². The average molecular weight is 351 g/mol. The molecule has 1 aromatic heterocycles. The smallest absolute Gasteiger partial charge is 0.290 e. The van der Waals surface area contributed by atoms with Crippen LogP contribution < -0.4 is 5.43 Å². The predicted octanol–water partition coefficient (Wildman–Crippen LogP) is 4.28. The van der Waals surface area contributed by atoms with Gasteiger partial charge in [-0.15, -0.1) is 0 Å². The number of amides is 1. The molecule has 0 saturated heterocycles. The van der Waals surface area contributed by atoms with Gasteiger partial charge < -0.3 is 9.32 Å². The lowest BCUT2D eigenvalue weighted by Crippen LogP contribution is -2.31. The molecule has 1 aliphatic heterocycles. The molecule has 0 aliphatic carbocycles. The number of para-hydroxylation sites is 1. The van der Waals surface area contributed by atoms with E-state index in [-0.39, 0.29) is 22.7 Å². The van der Waals surface area contributed by atoms with E-state index in [0.717, 1.165) is 12.8 Å². The largest absolute Gasteiger partial charge is 0.450 e. The van der Waals surface area contributed by atoms with Gasteiger partial charge >= 0.3 is 0 Å². The first-order valence-electron chi connectivity index (χ1n) is 8.74. The molecular weight excluding hydrogens is 333 g/mol. The Morgan fingerprint density at radius 2 is 1.81 bits per heavy atom. The van der Waals surface area contributed by atoms with Gasteiger partial charge in [0.1, 0.15) is 11.4 Å². The first kappa shape index (κ1) is 16.5. The van der Waals surface area contributed by atoms with Crippen LogP contribution in [-0.4, -0.2) is 17.4 Å². The molecule has 1 amide bonds. The molecule has 132 valence electrons. The van der Waals surface area contributed by atoms with E-state index in [1.165, 1.54) is 6.07 Å². The number of carbonyl (C=O) groups excluding carboxylic acids is 1. The van der Waals surface area contributed by atoms with Crippen molar-refractivity contribution in [2.75, 3.05) is 6.54 Å². The van der Waals surface area contributed by atoms with E-state index in [0.29, 0.717) is 23.1 Å². The van der Waals surface area contributed by atoms with Crippen LogP contribution in [-0.2, 0) is 0 Å². The zero-order chi connectivity index (χ0) is 18.3. The summed E-state index contributed by atoms with van der Waals surface area (Å²) in [5, 5.41) is 0.401. The van der Waals surface area contributed by atoms with Gasteiger partial charge in [0.15, 0.2) is 5.43 Å². The molecule has 0 fully saturated rings. The fourth-order valence-electron chi connectivity index (χ4n) is 3.55. The summed E-state index contributed by atoms with van der Waals surface area (Å²) >= 11 is 0. The average Bonchev–Trinajstić information content (AvgIpc) is 2.93. The molecule has 0 bridgehead atoms. The first-order valence-corrected chi connectivity index (χ1v) is 8.74. The summed E-state index contributed by atoms with van der Waals surface area (Å²) in [6.07, 6.45) is 1.64. The van der Waals surface area contributed by atoms with E-state index in [1.54, 1.807) is 47.4 Å². The Hall–Kier alpha value is -2.95. The van der Waals surface area contributed by atoms with Crippen molar-refractivity contribution >= 4 is 16.9 Å². The van der Waals surface area contributed by atoms with Crippen LogP contribution in [0.4, 0.5) is 4.39 Å². The molecule has 1 atom stereocenters. The van der Waals surface area contributed by atoms with Gasteiger partial charge in [0.05, 0.1) is 17.0 Å². The van der Waals surface area contributed by atoms with Crippen molar-refractivity contribution in [3.63, 3.8) is 0 Å². The quantitative estimate of drug-likeness (QED) is 0.705. The summed E-state index contributed by atoms with van der Waals surface area (Å²) in [6.45, 7) is 2.46. The summed E-state index contributed by atoms with van der Waals surface area (Å²) in [6, 6.07) is 12.3. The normalized spacial score (nSPS) is 16.3. The van der Waals surface area contributed by atoms with Crippen LogP contribution in [0.3, 0.4) is 0 Å². The maximum Gasteiger partial charge on any atom is 0.290 e. The third-order valence-corrected chi connectivity index (χ3v) is 4.83. The van der Waals surface area contributed by atoms with Crippen LogP contribution >= 0.6 is 0 Å². The maximum absolute atomic E-state index is 14.5. The fraction of sp³-hybridized carbons (Fsp3) is 0.238. The van der Waals surface area contributed by atoms with Gasteiger partial charge in [-0.05, 0) is 24.6 Å². The summed E-state index contributed by atoms with van der Waals surface area (Å²) in [5.74, 6) is -0.769. The number of halogens is 1. The summed E-state index contributed by atoms with van der Waals surface area (Å²) in [7, 11) is 0. The Kier molecular flexibility index (Phi) is 4.07. The lowest BCUT2D eigenvalue weighted by atomic mass is 9.98. The number of benzene rings is 2. The molecule has 1 aliphatic rings. The highest BCUT2D eigenvalue weighted by molar-refractivity contribution is 5.99. The predicted molar refractivity (Wildman–Crippen MR) is 96.7 cm³/mol. The summed E-state index contributed by atoms with van der Waals surface area (Å²) < 4.78 is 20.3. The van der Waals surface area contributed by atoms with Crippen molar-refractivity contribution in [1.29, 1.82) is 0 Å². The SMILES string of the molecule is CCCCN1C(=O)c2oc3ccccc3c(=O)c2[C@@H]1c1ccccc1F. The van der Waals surface area contributed by atoms with E-state index in [2.05, 4.69) is 0 Å². The van der Waals surface area contributed by atoms with Gasteiger partial charge in [0.25, 0.3) is 5.91 Å². The highest BCUT2D eigenvalue weighted by Crippen LogP contribution is 2.39. The standard InChI is InChI=1S/C21H18FNO3/c1-2-3-12-23-18(13-8-4-6-10-15(13)22)17-19(24)14-9-5-7-11-16(14)26-20(17)21(23)25/h4-11,18H,2-3,12H2,1H3/t18-/m0/s1. The van der Waals surface area contributed by atoms with Crippen molar-refractivity contribution in [2.45, 2.75) is 25.8 Å². The molecule has 3 aromatic rings. The second-order valence-corrected chi connectivity index (χ2v) is 6.45. The lowest BCUT2D eigenvalue weighted by molar-refractivity contribution is 0.0724. The van der Waals surface area contributed by atoms with Gasteiger partial charge in [-0.1, -0.05) is 43.7 Å². The van der Waals surface area contributed by atoms with Crippen LogP contribution in [0.25, 0.3) is 11.0 Å². The second kappa shape index (κ2) is 6.41. The Labute approximate surface area is 149 Å². The summed E-state index contributed by atoms with van der Waals surface area (Å²) in [5.41, 5.74) is 0.643. The minimum atomic E-state index is -0.758. The molecule has 0 saturated carbocycles. The van der Waals surface area contributed by atoms with Crippen LogP contribution in [0.2, 0.25) is 0 Å². The minimum Gasteiger partial charge on any atom is -0.450 e. The van der Waals surface area contributed by atoms with Crippen LogP contribution in [0.15, 0.2) is 57.7 Å². The monoisotopic (exact) mass is 351 g/mol. The highest BCUT2D eigenvalue weighted by atomic mass is 19.1. The number of rotatable bonds is 4. The van der Waals surface area contributed by atoms with E-state index in [4.69, 9.17) is 4.42 Å². The highest BCUT2D eigenvalue weighted by Gasteiger charge is 2.43. The van der Waals surface area contributed by atoms with Crippen molar-refractivity contribution in [1.82, 2.24) is 4.90 Å². The molecule has 2 heterocycles. The third-order valence-electron chi connectivity index (χ3n) is 4.83. The van der Waals surface area contributed by atoms with E-state index < -0.39 is 11.9 Å². The molecule has 0 unspecified atom stereocenters. The van der Waals surface area contributed by atoms with E-state index in [1.807, 2.05) is 6.92 Å². The first-order chi connectivity index (χ1) is 12.6. The van der Waals surface area contributed by atoms with Gasteiger partial charge in [-0.2, -0.15) is 0 Å².